The van der Waals surface area contributed by atoms with Crippen molar-refractivity contribution in [3.8, 4) is 22.3 Å². The number of esters is 1. The Bertz CT molecular complexity index is 1270. The van der Waals surface area contributed by atoms with Gasteiger partial charge in [0.15, 0.2) is 0 Å². The third-order valence-electron chi connectivity index (χ3n) is 6.05. The third kappa shape index (κ3) is 5.23. The first-order valence-electron chi connectivity index (χ1n) is 11.3. The highest BCUT2D eigenvalue weighted by atomic mass is 19.1. The SMILES string of the molecule is CC(COC(=O)C(C)c1ccc(-c2ccccc2)c(F)c1)c1ccc(-c2ccccc2)c(F)c1. The Morgan fingerprint density at radius 3 is 1.68 bits per heavy atom. The number of ether oxygens (including phenoxy) is 1. The Morgan fingerprint density at radius 2 is 1.18 bits per heavy atom. The van der Waals surface area contributed by atoms with Gasteiger partial charge in [-0.05, 0) is 41.3 Å². The fourth-order valence-electron chi connectivity index (χ4n) is 3.91. The second-order valence-corrected chi connectivity index (χ2v) is 8.46. The highest BCUT2D eigenvalue weighted by Gasteiger charge is 2.20. The fraction of sp³-hybridized carbons (Fsp3) is 0.167. The molecule has 0 aromatic heterocycles. The van der Waals surface area contributed by atoms with Crippen molar-refractivity contribution in [1.82, 2.24) is 0 Å². The Hall–Kier alpha value is -3.79. The van der Waals surface area contributed by atoms with Crippen LogP contribution in [0.4, 0.5) is 8.78 Å². The minimum atomic E-state index is -0.622. The van der Waals surface area contributed by atoms with Gasteiger partial charge in [-0.25, -0.2) is 8.78 Å². The van der Waals surface area contributed by atoms with Crippen LogP contribution in [0.5, 0.6) is 0 Å². The Morgan fingerprint density at radius 1 is 0.706 bits per heavy atom. The van der Waals surface area contributed by atoms with Crippen LogP contribution in [0.3, 0.4) is 0 Å². The van der Waals surface area contributed by atoms with E-state index in [0.29, 0.717) is 16.7 Å². The second kappa shape index (κ2) is 10.4. The van der Waals surface area contributed by atoms with Crippen molar-refractivity contribution in [2.24, 2.45) is 0 Å². The first-order chi connectivity index (χ1) is 16.4. The molecule has 0 heterocycles. The van der Waals surface area contributed by atoms with Gasteiger partial charge in [0.1, 0.15) is 11.6 Å². The lowest BCUT2D eigenvalue weighted by atomic mass is 9.96. The summed E-state index contributed by atoms with van der Waals surface area (Å²) in [5.74, 6) is -1.95. The molecule has 0 aliphatic carbocycles. The number of benzene rings is 4. The number of hydrogen-bond donors (Lipinski definition) is 0. The molecule has 34 heavy (non-hydrogen) atoms. The first-order valence-corrected chi connectivity index (χ1v) is 11.3. The van der Waals surface area contributed by atoms with E-state index < -0.39 is 11.9 Å². The third-order valence-corrected chi connectivity index (χ3v) is 6.05. The van der Waals surface area contributed by atoms with E-state index in [1.54, 1.807) is 25.1 Å². The van der Waals surface area contributed by atoms with Crippen LogP contribution in [0.25, 0.3) is 22.3 Å². The molecular formula is C30H26F2O2. The highest BCUT2D eigenvalue weighted by Crippen LogP contribution is 2.28. The summed E-state index contributed by atoms with van der Waals surface area (Å²) >= 11 is 0. The number of carbonyl (C=O) groups is 1. The Kier molecular flexibility index (Phi) is 7.17. The van der Waals surface area contributed by atoms with Crippen LogP contribution in [0.15, 0.2) is 97.1 Å². The van der Waals surface area contributed by atoms with Gasteiger partial charge in [-0.1, -0.05) is 91.9 Å². The minimum absolute atomic E-state index is 0.109. The van der Waals surface area contributed by atoms with Crippen molar-refractivity contribution in [2.75, 3.05) is 6.61 Å². The second-order valence-electron chi connectivity index (χ2n) is 8.46. The molecule has 4 rings (SSSR count). The molecular weight excluding hydrogens is 430 g/mol. The van der Waals surface area contributed by atoms with Crippen LogP contribution in [0, 0.1) is 11.6 Å². The van der Waals surface area contributed by atoms with Gasteiger partial charge in [0.25, 0.3) is 0 Å². The van der Waals surface area contributed by atoms with Gasteiger partial charge in [-0.15, -0.1) is 0 Å². The molecule has 2 atom stereocenters. The summed E-state index contributed by atoms with van der Waals surface area (Å²) in [6.45, 7) is 3.68. The van der Waals surface area contributed by atoms with Gasteiger partial charge in [-0.2, -0.15) is 0 Å². The molecule has 0 aliphatic rings. The standard InChI is InChI=1S/C30H26F2O2/c1-20(24-13-15-26(28(31)17-24)22-9-5-3-6-10-22)19-34-30(33)21(2)25-14-16-27(29(32)18-25)23-11-7-4-8-12-23/h3-18,20-21H,19H2,1-2H3. The first kappa shape index (κ1) is 23.4. The summed E-state index contributed by atoms with van der Waals surface area (Å²) in [7, 11) is 0. The molecule has 2 nitrogen and oxygen atoms in total. The molecule has 4 aromatic carbocycles. The van der Waals surface area contributed by atoms with Gasteiger partial charge in [-0.3, -0.25) is 4.79 Å². The van der Waals surface area contributed by atoms with Crippen LogP contribution in [-0.2, 0) is 9.53 Å². The summed E-state index contributed by atoms with van der Waals surface area (Å²) in [6, 6.07) is 28.5. The largest absolute Gasteiger partial charge is 0.465 e. The summed E-state index contributed by atoms with van der Waals surface area (Å²) in [5, 5.41) is 0. The predicted octanol–water partition coefficient (Wildman–Crippen LogP) is 7.75. The lowest BCUT2D eigenvalue weighted by Crippen LogP contribution is -2.17. The number of carbonyl (C=O) groups excluding carboxylic acids is 1. The van der Waals surface area contributed by atoms with Crippen LogP contribution >= 0.6 is 0 Å². The smallest absolute Gasteiger partial charge is 0.313 e. The monoisotopic (exact) mass is 456 g/mol. The number of halogens is 2. The van der Waals surface area contributed by atoms with Crippen molar-refractivity contribution >= 4 is 5.97 Å². The maximum Gasteiger partial charge on any atom is 0.313 e. The molecule has 172 valence electrons. The van der Waals surface area contributed by atoms with E-state index in [4.69, 9.17) is 4.74 Å². The van der Waals surface area contributed by atoms with E-state index in [1.807, 2.05) is 73.7 Å². The molecule has 0 saturated heterocycles. The predicted molar refractivity (Wildman–Crippen MR) is 131 cm³/mol. The average Bonchev–Trinajstić information content (AvgIpc) is 2.87. The van der Waals surface area contributed by atoms with Crippen LogP contribution in [-0.4, -0.2) is 12.6 Å². The maximum absolute atomic E-state index is 14.7. The number of rotatable bonds is 7. The average molecular weight is 457 g/mol. The van der Waals surface area contributed by atoms with Crippen molar-refractivity contribution in [3.05, 3.63) is 120 Å². The van der Waals surface area contributed by atoms with E-state index in [9.17, 15) is 13.6 Å². The van der Waals surface area contributed by atoms with E-state index in [-0.39, 0.29) is 24.2 Å². The van der Waals surface area contributed by atoms with Crippen LogP contribution in [0.1, 0.15) is 36.8 Å². The molecule has 0 spiro atoms. The van der Waals surface area contributed by atoms with E-state index in [2.05, 4.69) is 0 Å². The van der Waals surface area contributed by atoms with Crippen molar-refractivity contribution in [2.45, 2.75) is 25.7 Å². The lowest BCUT2D eigenvalue weighted by Gasteiger charge is -2.17. The van der Waals surface area contributed by atoms with E-state index in [0.717, 1.165) is 16.7 Å². The molecule has 4 heteroatoms. The van der Waals surface area contributed by atoms with Gasteiger partial charge in [0.2, 0.25) is 0 Å². The molecule has 0 amide bonds. The molecule has 0 radical (unpaired) electrons. The van der Waals surface area contributed by atoms with Gasteiger partial charge in [0, 0.05) is 17.0 Å². The fourth-order valence-corrected chi connectivity index (χ4v) is 3.91. The van der Waals surface area contributed by atoms with Crippen molar-refractivity contribution in [1.29, 1.82) is 0 Å². The molecule has 2 unspecified atom stereocenters. The summed E-state index contributed by atoms with van der Waals surface area (Å²) in [4.78, 5) is 12.6. The topological polar surface area (TPSA) is 26.3 Å². The molecule has 0 fully saturated rings. The normalized spacial score (nSPS) is 12.7. The van der Waals surface area contributed by atoms with Gasteiger partial charge >= 0.3 is 5.97 Å². The van der Waals surface area contributed by atoms with Crippen molar-refractivity contribution in [3.63, 3.8) is 0 Å². The molecule has 0 saturated carbocycles. The zero-order valence-corrected chi connectivity index (χ0v) is 19.2. The van der Waals surface area contributed by atoms with Gasteiger partial charge < -0.3 is 4.74 Å². The van der Waals surface area contributed by atoms with Crippen molar-refractivity contribution < 1.29 is 18.3 Å². The number of hydrogen-bond acceptors (Lipinski definition) is 2. The molecule has 4 aromatic rings. The minimum Gasteiger partial charge on any atom is -0.465 e. The lowest BCUT2D eigenvalue weighted by molar-refractivity contribution is -0.145. The maximum atomic E-state index is 14.7. The Balaban J connectivity index is 1.39. The zero-order valence-electron chi connectivity index (χ0n) is 19.2. The molecule has 0 aliphatic heterocycles. The summed E-state index contributed by atoms with van der Waals surface area (Å²) in [5.41, 5.74) is 3.90. The van der Waals surface area contributed by atoms with Crippen LogP contribution < -0.4 is 0 Å². The molecule has 0 bridgehead atoms. The van der Waals surface area contributed by atoms with Gasteiger partial charge in [0.05, 0.1) is 12.5 Å². The highest BCUT2D eigenvalue weighted by molar-refractivity contribution is 5.78. The summed E-state index contributed by atoms with van der Waals surface area (Å²) in [6.07, 6.45) is 0. The van der Waals surface area contributed by atoms with E-state index >= 15 is 0 Å². The zero-order chi connectivity index (χ0) is 24.1. The van der Waals surface area contributed by atoms with Crippen LogP contribution in [0.2, 0.25) is 0 Å². The molecule has 0 N–H and O–H groups in total. The van der Waals surface area contributed by atoms with E-state index in [1.165, 1.54) is 12.1 Å². The summed E-state index contributed by atoms with van der Waals surface area (Å²) < 4.78 is 34.9. The quantitative estimate of drug-likeness (QED) is 0.266. The Labute approximate surface area is 198 Å².